The molecule has 1 aliphatic heterocycles. The van der Waals surface area contributed by atoms with E-state index in [2.05, 4.69) is 27.2 Å². The molecule has 0 amide bonds. The number of thiophene rings is 1. The molecule has 0 saturated carbocycles. The Morgan fingerprint density at radius 1 is 1.08 bits per heavy atom. The molecule has 1 saturated heterocycles. The van der Waals surface area contributed by atoms with E-state index >= 15 is 0 Å². The van der Waals surface area contributed by atoms with Crippen LogP contribution >= 0.6 is 11.3 Å². The molecule has 3 aromatic rings. The van der Waals surface area contributed by atoms with Crippen molar-refractivity contribution in [1.29, 1.82) is 0 Å². The number of rotatable bonds is 2. The Morgan fingerprint density at radius 3 is 2.68 bits per heavy atom. The van der Waals surface area contributed by atoms with Crippen molar-refractivity contribution in [2.45, 2.75) is 39.0 Å². The molecule has 1 fully saturated rings. The van der Waals surface area contributed by atoms with Gasteiger partial charge in [0, 0.05) is 18.5 Å². The van der Waals surface area contributed by atoms with E-state index in [0.29, 0.717) is 0 Å². The van der Waals surface area contributed by atoms with Gasteiger partial charge in [-0.2, -0.15) is 0 Å². The van der Waals surface area contributed by atoms with Crippen LogP contribution in [0.1, 0.15) is 36.6 Å². The third-order valence-corrected chi connectivity index (χ3v) is 6.45. The van der Waals surface area contributed by atoms with Crippen LogP contribution in [-0.2, 0) is 24.0 Å². The number of ether oxygens (including phenoxy) is 1. The summed E-state index contributed by atoms with van der Waals surface area (Å²) in [6, 6.07) is 0. The van der Waals surface area contributed by atoms with Crippen LogP contribution in [0.4, 0.5) is 5.82 Å². The van der Waals surface area contributed by atoms with Crippen LogP contribution in [0, 0.1) is 0 Å². The van der Waals surface area contributed by atoms with Crippen molar-refractivity contribution in [2.75, 3.05) is 31.2 Å². The Hall–Kier alpha value is -1.86. The first-order chi connectivity index (χ1) is 12.4. The van der Waals surface area contributed by atoms with Gasteiger partial charge in [0.15, 0.2) is 0 Å². The summed E-state index contributed by atoms with van der Waals surface area (Å²) < 4.78 is 6.70. The summed E-state index contributed by atoms with van der Waals surface area (Å²) in [6.07, 6.45) is 5.58. The van der Waals surface area contributed by atoms with Crippen LogP contribution in [0.5, 0.6) is 0 Å². The summed E-state index contributed by atoms with van der Waals surface area (Å²) in [5, 5.41) is 13.9. The van der Waals surface area contributed by atoms with Gasteiger partial charge in [-0.15, -0.1) is 21.5 Å². The smallest absolute Gasteiger partial charge is 0.133 e. The van der Waals surface area contributed by atoms with Crippen LogP contribution < -0.4 is 4.90 Å². The maximum absolute atomic E-state index is 5.54. The molecular weight excluding hydrogens is 334 g/mol. The highest BCUT2D eigenvalue weighted by Crippen LogP contribution is 2.41. The molecule has 0 unspecified atom stereocenters. The number of aromatic nitrogens is 4. The number of nitrogens with zero attached hydrogens (tertiary/aromatic N) is 5. The zero-order valence-electron chi connectivity index (χ0n) is 14.4. The van der Waals surface area contributed by atoms with Gasteiger partial charge in [-0.25, -0.2) is 4.98 Å². The first-order valence-electron chi connectivity index (χ1n) is 9.15. The SMILES string of the molecule is CCc1nnnc2c1sc1nc(N3CCOCC3)c3c(c12)CCCC3. The fourth-order valence-corrected chi connectivity index (χ4v) is 5.27. The van der Waals surface area contributed by atoms with E-state index in [1.165, 1.54) is 35.2 Å². The van der Waals surface area contributed by atoms with Crippen LogP contribution in [0.25, 0.3) is 20.4 Å². The van der Waals surface area contributed by atoms with Crippen molar-refractivity contribution in [2.24, 2.45) is 0 Å². The lowest BCUT2D eigenvalue weighted by atomic mass is 9.90. The second kappa shape index (κ2) is 6.14. The quantitative estimate of drug-likeness (QED) is 0.704. The van der Waals surface area contributed by atoms with Crippen molar-refractivity contribution in [3.05, 3.63) is 16.8 Å². The minimum Gasteiger partial charge on any atom is -0.378 e. The summed E-state index contributed by atoms with van der Waals surface area (Å²) in [5.74, 6) is 1.18. The average Bonchev–Trinajstić information content (AvgIpc) is 3.07. The third-order valence-electron chi connectivity index (χ3n) is 5.33. The lowest BCUT2D eigenvalue weighted by Gasteiger charge is -2.31. The molecule has 3 aromatic heterocycles. The standard InChI is InChI=1S/C18H21N5OS/c1-2-13-16-15(21-22-20-13)14-11-5-3-4-6-12(11)17(19-18(14)25-16)23-7-9-24-10-8-23/h2-10H2,1H3. The normalized spacial score (nSPS) is 18.0. The van der Waals surface area contributed by atoms with E-state index in [-0.39, 0.29) is 0 Å². The molecule has 5 rings (SSSR count). The van der Waals surface area contributed by atoms with Crippen LogP contribution in [0.2, 0.25) is 0 Å². The maximum atomic E-state index is 5.54. The number of fused-ring (bicyclic) bond motifs is 5. The molecule has 0 aromatic carbocycles. The van der Waals surface area contributed by atoms with E-state index in [1.54, 1.807) is 11.3 Å². The molecule has 1 aliphatic carbocycles. The highest BCUT2D eigenvalue weighted by atomic mass is 32.1. The van der Waals surface area contributed by atoms with Crippen LogP contribution in [0.15, 0.2) is 0 Å². The summed E-state index contributed by atoms with van der Waals surface area (Å²) in [7, 11) is 0. The lowest BCUT2D eigenvalue weighted by molar-refractivity contribution is 0.122. The molecule has 2 aliphatic rings. The van der Waals surface area contributed by atoms with Crippen LogP contribution in [-0.4, -0.2) is 46.7 Å². The summed E-state index contributed by atoms with van der Waals surface area (Å²) >= 11 is 1.73. The summed E-state index contributed by atoms with van der Waals surface area (Å²) in [4.78, 5) is 8.61. The lowest BCUT2D eigenvalue weighted by Crippen LogP contribution is -2.37. The highest BCUT2D eigenvalue weighted by molar-refractivity contribution is 7.25. The number of pyridine rings is 1. The second-order valence-corrected chi connectivity index (χ2v) is 7.75. The molecule has 130 valence electrons. The molecule has 4 heterocycles. The fourth-order valence-electron chi connectivity index (χ4n) is 4.08. The minimum absolute atomic E-state index is 0.788. The molecule has 7 heteroatoms. The molecule has 0 N–H and O–H groups in total. The minimum atomic E-state index is 0.788. The van der Waals surface area contributed by atoms with E-state index < -0.39 is 0 Å². The van der Waals surface area contributed by atoms with E-state index in [0.717, 1.165) is 66.3 Å². The van der Waals surface area contributed by atoms with Gasteiger partial charge in [0.1, 0.15) is 16.2 Å². The maximum Gasteiger partial charge on any atom is 0.133 e. The Balaban J connectivity index is 1.80. The van der Waals surface area contributed by atoms with E-state index in [4.69, 9.17) is 9.72 Å². The largest absolute Gasteiger partial charge is 0.378 e. The van der Waals surface area contributed by atoms with Gasteiger partial charge in [-0.3, -0.25) is 0 Å². The molecule has 0 bridgehead atoms. The molecule has 6 nitrogen and oxygen atoms in total. The summed E-state index contributed by atoms with van der Waals surface area (Å²) in [6.45, 7) is 5.55. The summed E-state index contributed by atoms with van der Waals surface area (Å²) in [5.41, 5.74) is 4.92. The van der Waals surface area contributed by atoms with Crippen molar-refractivity contribution < 1.29 is 4.74 Å². The number of anilines is 1. The monoisotopic (exact) mass is 355 g/mol. The Kier molecular flexibility index (Phi) is 3.78. The van der Waals surface area contributed by atoms with Gasteiger partial charge in [-0.1, -0.05) is 6.92 Å². The molecular formula is C18H21N5OS. The Morgan fingerprint density at radius 2 is 1.88 bits per heavy atom. The van der Waals surface area contributed by atoms with Gasteiger partial charge in [0.2, 0.25) is 0 Å². The number of morpholine rings is 1. The van der Waals surface area contributed by atoms with E-state index in [1.807, 2.05) is 0 Å². The number of hydrogen-bond donors (Lipinski definition) is 0. The molecule has 0 spiro atoms. The van der Waals surface area contributed by atoms with Gasteiger partial charge >= 0.3 is 0 Å². The van der Waals surface area contributed by atoms with Gasteiger partial charge in [0.25, 0.3) is 0 Å². The van der Waals surface area contributed by atoms with Gasteiger partial charge in [0.05, 0.1) is 23.6 Å². The molecule has 0 radical (unpaired) electrons. The molecule has 0 atom stereocenters. The van der Waals surface area contributed by atoms with Crippen molar-refractivity contribution in [3.8, 4) is 0 Å². The van der Waals surface area contributed by atoms with Gasteiger partial charge in [-0.05, 0) is 48.4 Å². The fraction of sp³-hybridized carbons (Fsp3) is 0.556. The topological polar surface area (TPSA) is 64.0 Å². The predicted molar refractivity (Wildman–Crippen MR) is 99.6 cm³/mol. The first kappa shape index (κ1) is 15.4. The average molecular weight is 355 g/mol. The zero-order chi connectivity index (χ0) is 16.8. The van der Waals surface area contributed by atoms with E-state index in [9.17, 15) is 0 Å². The van der Waals surface area contributed by atoms with Crippen molar-refractivity contribution in [1.82, 2.24) is 20.4 Å². The molecule has 25 heavy (non-hydrogen) atoms. The first-order valence-corrected chi connectivity index (χ1v) is 9.97. The number of aryl methyl sites for hydroxylation is 2. The Bertz CT molecular complexity index is 948. The zero-order valence-corrected chi connectivity index (χ0v) is 15.2. The third kappa shape index (κ3) is 2.40. The Labute approximate surface area is 150 Å². The van der Waals surface area contributed by atoms with Crippen molar-refractivity contribution in [3.63, 3.8) is 0 Å². The van der Waals surface area contributed by atoms with Gasteiger partial charge < -0.3 is 9.64 Å². The van der Waals surface area contributed by atoms with Crippen LogP contribution in [0.3, 0.4) is 0 Å². The highest BCUT2D eigenvalue weighted by Gasteiger charge is 2.26. The second-order valence-electron chi connectivity index (χ2n) is 6.75. The number of hydrogen-bond acceptors (Lipinski definition) is 7. The predicted octanol–water partition coefficient (Wildman–Crippen LogP) is 2.91. The van der Waals surface area contributed by atoms with Crippen molar-refractivity contribution >= 4 is 37.6 Å².